The van der Waals surface area contributed by atoms with Gasteiger partial charge >= 0.3 is 6.18 Å². The summed E-state index contributed by atoms with van der Waals surface area (Å²) in [6.45, 7) is 0. The molecule has 0 atom stereocenters. The second kappa shape index (κ2) is 6.98. The van der Waals surface area contributed by atoms with Crippen LogP contribution in [0.5, 0.6) is 11.5 Å². The third kappa shape index (κ3) is 3.73. The molecule has 0 saturated carbocycles. The lowest BCUT2D eigenvalue weighted by Crippen LogP contribution is -2.03. The Morgan fingerprint density at radius 1 is 1.08 bits per heavy atom. The van der Waals surface area contributed by atoms with Crippen molar-refractivity contribution in [3.63, 3.8) is 0 Å². The average Bonchev–Trinajstić information content (AvgIpc) is 2.59. The summed E-state index contributed by atoms with van der Waals surface area (Å²) in [5.41, 5.74) is -0.241. The van der Waals surface area contributed by atoms with E-state index in [0.717, 1.165) is 12.1 Å². The maximum absolute atomic E-state index is 12.6. The largest absolute Gasteiger partial charge is 0.503 e. The molecular weight excluding hydrogens is 333 g/mol. The van der Waals surface area contributed by atoms with Gasteiger partial charge in [-0.2, -0.15) is 23.7 Å². The summed E-state index contributed by atoms with van der Waals surface area (Å²) in [6.07, 6.45) is -1.59. The minimum Gasteiger partial charge on any atom is -0.503 e. The summed E-state index contributed by atoms with van der Waals surface area (Å²) in [6, 6.07) is 9.37. The van der Waals surface area contributed by atoms with E-state index >= 15 is 0 Å². The molecule has 7 heteroatoms. The predicted octanol–water partition coefficient (Wildman–Crippen LogP) is 4.33. The molecule has 1 N–H and O–H groups in total. The normalized spacial score (nSPS) is 11.1. The molecule has 25 heavy (non-hydrogen) atoms. The minimum absolute atomic E-state index is 0.0141. The SMILES string of the molecule is COc1cc(C#N)c(C=Cc2ccc(C(F)(F)F)cc2)c(C#N)c1O. The molecule has 2 rings (SSSR count). The van der Waals surface area contributed by atoms with Crippen LogP contribution in [0.25, 0.3) is 12.2 Å². The van der Waals surface area contributed by atoms with Gasteiger partial charge in [-0.05, 0) is 17.7 Å². The van der Waals surface area contributed by atoms with Gasteiger partial charge in [-0.25, -0.2) is 0 Å². The van der Waals surface area contributed by atoms with Gasteiger partial charge in [-0.3, -0.25) is 0 Å². The van der Waals surface area contributed by atoms with Gasteiger partial charge in [0.05, 0.1) is 24.3 Å². The summed E-state index contributed by atoms with van der Waals surface area (Å²) >= 11 is 0. The lowest BCUT2D eigenvalue weighted by molar-refractivity contribution is -0.137. The predicted molar refractivity (Wildman–Crippen MR) is 84.5 cm³/mol. The number of methoxy groups -OCH3 is 1. The van der Waals surface area contributed by atoms with E-state index in [-0.39, 0.29) is 22.4 Å². The quantitative estimate of drug-likeness (QED) is 0.841. The molecule has 0 aliphatic rings. The van der Waals surface area contributed by atoms with Gasteiger partial charge < -0.3 is 9.84 Å². The second-order valence-corrected chi connectivity index (χ2v) is 4.94. The highest BCUT2D eigenvalue weighted by molar-refractivity contribution is 5.79. The third-order valence-corrected chi connectivity index (χ3v) is 3.44. The number of ether oxygens (including phenoxy) is 1. The van der Waals surface area contributed by atoms with Crippen molar-refractivity contribution in [2.45, 2.75) is 6.18 Å². The van der Waals surface area contributed by atoms with E-state index in [1.807, 2.05) is 6.07 Å². The molecule has 0 aliphatic heterocycles. The van der Waals surface area contributed by atoms with Crippen molar-refractivity contribution in [2.24, 2.45) is 0 Å². The summed E-state index contributed by atoms with van der Waals surface area (Å²) in [4.78, 5) is 0. The molecule has 2 aromatic rings. The smallest absolute Gasteiger partial charge is 0.416 e. The Hall–Kier alpha value is -3.45. The van der Waals surface area contributed by atoms with Gasteiger partial charge in [0.2, 0.25) is 0 Å². The maximum Gasteiger partial charge on any atom is 0.416 e. The van der Waals surface area contributed by atoms with Crippen LogP contribution in [0.15, 0.2) is 30.3 Å². The van der Waals surface area contributed by atoms with Crippen LogP contribution in [0.2, 0.25) is 0 Å². The maximum atomic E-state index is 12.6. The van der Waals surface area contributed by atoms with Crippen molar-refractivity contribution in [1.29, 1.82) is 10.5 Å². The zero-order chi connectivity index (χ0) is 18.6. The number of nitriles is 2. The number of hydrogen-bond donors (Lipinski definition) is 1. The number of phenolic OH excluding ortho intramolecular Hbond substituents is 1. The first-order valence-corrected chi connectivity index (χ1v) is 6.91. The molecule has 0 aliphatic carbocycles. The molecule has 0 bridgehead atoms. The Balaban J connectivity index is 2.47. The summed E-state index contributed by atoms with van der Waals surface area (Å²) < 4.78 is 42.6. The van der Waals surface area contributed by atoms with Crippen LogP contribution >= 0.6 is 0 Å². The first kappa shape index (κ1) is 17.9. The van der Waals surface area contributed by atoms with Crippen LogP contribution in [-0.2, 0) is 6.18 Å². The van der Waals surface area contributed by atoms with Crippen molar-refractivity contribution >= 4 is 12.2 Å². The topological polar surface area (TPSA) is 77.0 Å². The highest BCUT2D eigenvalue weighted by atomic mass is 19.4. The van der Waals surface area contributed by atoms with E-state index in [1.165, 1.54) is 37.5 Å². The Bertz CT molecular complexity index is 902. The van der Waals surface area contributed by atoms with E-state index in [1.54, 1.807) is 6.07 Å². The van der Waals surface area contributed by atoms with E-state index < -0.39 is 17.5 Å². The van der Waals surface area contributed by atoms with Crippen molar-refractivity contribution < 1.29 is 23.0 Å². The van der Waals surface area contributed by atoms with Crippen LogP contribution in [0.4, 0.5) is 13.2 Å². The number of nitrogens with zero attached hydrogens (tertiary/aromatic N) is 2. The van der Waals surface area contributed by atoms with Crippen molar-refractivity contribution in [3.8, 4) is 23.6 Å². The van der Waals surface area contributed by atoms with Gasteiger partial charge in [-0.15, -0.1) is 0 Å². The molecule has 0 spiro atoms. The summed E-state index contributed by atoms with van der Waals surface area (Å²) in [5, 5.41) is 28.4. The van der Waals surface area contributed by atoms with E-state index in [2.05, 4.69) is 0 Å². The standard InChI is InChI=1S/C18H11F3N2O2/c1-25-16-8-12(9-22)14(15(10-23)17(16)24)7-4-11-2-5-13(6-3-11)18(19,20)21/h2-8,24H,1H3. The first-order valence-electron chi connectivity index (χ1n) is 6.91. The molecular formula is C18H11F3N2O2. The Morgan fingerprint density at radius 3 is 2.20 bits per heavy atom. The molecule has 4 nitrogen and oxygen atoms in total. The number of phenols is 1. The second-order valence-electron chi connectivity index (χ2n) is 4.94. The van der Waals surface area contributed by atoms with Gasteiger partial charge in [0.25, 0.3) is 0 Å². The zero-order valence-electron chi connectivity index (χ0n) is 12.9. The van der Waals surface area contributed by atoms with Gasteiger partial charge in [0.15, 0.2) is 11.5 Å². The number of aromatic hydroxyl groups is 1. The Labute approximate surface area is 141 Å². The van der Waals surface area contributed by atoms with Crippen LogP contribution in [-0.4, -0.2) is 12.2 Å². The number of benzene rings is 2. The van der Waals surface area contributed by atoms with Crippen LogP contribution in [0.3, 0.4) is 0 Å². The molecule has 2 aromatic carbocycles. The molecule has 0 amide bonds. The number of halogens is 3. The van der Waals surface area contributed by atoms with Crippen molar-refractivity contribution in [1.82, 2.24) is 0 Å². The molecule has 0 saturated heterocycles. The van der Waals surface area contributed by atoms with Crippen molar-refractivity contribution in [2.75, 3.05) is 7.11 Å². The molecule has 0 radical (unpaired) electrons. The van der Waals surface area contributed by atoms with Crippen LogP contribution in [0.1, 0.15) is 27.8 Å². The average molecular weight is 344 g/mol. The molecule has 126 valence electrons. The third-order valence-electron chi connectivity index (χ3n) is 3.44. The first-order chi connectivity index (χ1) is 11.8. The minimum atomic E-state index is -4.42. The van der Waals surface area contributed by atoms with Gasteiger partial charge in [0.1, 0.15) is 11.6 Å². The lowest BCUT2D eigenvalue weighted by Gasteiger charge is -2.09. The fourth-order valence-corrected chi connectivity index (χ4v) is 2.16. The zero-order valence-corrected chi connectivity index (χ0v) is 12.9. The monoisotopic (exact) mass is 344 g/mol. The summed E-state index contributed by atoms with van der Waals surface area (Å²) in [7, 11) is 1.29. The van der Waals surface area contributed by atoms with E-state index in [9.17, 15) is 28.8 Å². The Morgan fingerprint density at radius 2 is 1.72 bits per heavy atom. The fourth-order valence-electron chi connectivity index (χ4n) is 2.16. The number of alkyl halides is 3. The highest BCUT2D eigenvalue weighted by Gasteiger charge is 2.29. The van der Waals surface area contributed by atoms with E-state index in [4.69, 9.17) is 4.74 Å². The molecule has 0 fully saturated rings. The number of rotatable bonds is 3. The van der Waals surface area contributed by atoms with Gasteiger partial charge in [0, 0.05) is 11.6 Å². The Kier molecular flexibility index (Phi) is 5.00. The molecule has 0 heterocycles. The highest BCUT2D eigenvalue weighted by Crippen LogP contribution is 2.35. The summed E-state index contributed by atoms with van der Waals surface area (Å²) in [5.74, 6) is -0.421. The fraction of sp³-hybridized carbons (Fsp3) is 0.111. The molecule has 0 unspecified atom stereocenters. The van der Waals surface area contributed by atoms with Gasteiger partial charge in [-0.1, -0.05) is 24.3 Å². The lowest BCUT2D eigenvalue weighted by atomic mass is 9.99. The van der Waals surface area contributed by atoms with Crippen LogP contribution in [0, 0.1) is 22.7 Å². The van der Waals surface area contributed by atoms with Crippen LogP contribution < -0.4 is 4.74 Å². The number of hydrogen-bond acceptors (Lipinski definition) is 4. The van der Waals surface area contributed by atoms with E-state index in [0.29, 0.717) is 5.56 Å². The molecule has 0 aromatic heterocycles. The van der Waals surface area contributed by atoms with Crippen molar-refractivity contribution in [3.05, 3.63) is 58.1 Å².